The molecule has 7 nitrogen and oxygen atoms in total. The number of rotatable bonds is 7. The van der Waals surface area contributed by atoms with Gasteiger partial charge >= 0.3 is 6.18 Å². The third-order valence-electron chi connectivity index (χ3n) is 3.86. The number of halogens is 4. The minimum Gasteiger partial charge on any atom is -0.357 e. The highest BCUT2D eigenvalue weighted by molar-refractivity contribution is 14.0. The topological polar surface area (TPSA) is 80.0 Å². The van der Waals surface area contributed by atoms with Gasteiger partial charge in [-0.15, -0.1) is 35.3 Å². The van der Waals surface area contributed by atoms with Crippen molar-refractivity contribution in [3.63, 3.8) is 0 Å². The second-order valence-corrected chi connectivity index (χ2v) is 6.95. The molecule has 12 heteroatoms. The predicted octanol–water partition coefficient (Wildman–Crippen LogP) is 3.66. The number of thiazole rings is 1. The van der Waals surface area contributed by atoms with Crippen molar-refractivity contribution in [1.82, 2.24) is 30.4 Å². The van der Waals surface area contributed by atoms with E-state index in [0.29, 0.717) is 37.0 Å². The number of aromatic nitrogens is 4. The van der Waals surface area contributed by atoms with Crippen LogP contribution in [0.15, 0.2) is 47.3 Å². The molecule has 0 unspecified atom stereocenters. The Morgan fingerprint density at radius 2 is 1.97 bits per heavy atom. The second kappa shape index (κ2) is 11.2. The summed E-state index contributed by atoms with van der Waals surface area (Å²) < 4.78 is 39.5. The molecule has 0 saturated carbocycles. The van der Waals surface area contributed by atoms with Crippen LogP contribution in [0.3, 0.4) is 0 Å². The Labute approximate surface area is 192 Å². The van der Waals surface area contributed by atoms with Crippen LogP contribution in [0.1, 0.15) is 23.2 Å². The summed E-state index contributed by atoms with van der Waals surface area (Å²) in [6.07, 6.45) is -0.914. The largest absolute Gasteiger partial charge is 0.434 e. The Bertz CT molecular complexity index is 924. The Hall–Kier alpha value is -2.22. The zero-order valence-corrected chi connectivity index (χ0v) is 19.2. The molecule has 0 amide bonds. The van der Waals surface area contributed by atoms with Crippen LogP contribution in [0.25, 0.3) is 5.69 Å². The SMILES string of the molecule is CCNC(=NCc1ccc(-n2cncn2)cc1)NCCc1nc(C(F)(F)F)cs1.I. The Balaban J connectivity index is 0.00000320. The van der Waals surface area contributed by atoms with Gasteiger partial charge in [-0.05, 0) is 24.6 Å². The molecule has 0 bridgehead atoms. The summed E-state index contributed by atoms with van der Waals surface area (Å²) in [5.41, 5.74) is 1.08. The van der Waals surface area contributed by atoms with Gasteiger partial charge in [0, 0.05) is 24.9 Å². The first-order valence-corrected chi connectivity index (χ1v) is 9.81. The normalized spacial score (nSPS) is 11.8. The van der Waals surface area contributed by atoms with E-state index < -0.39 is 11.9 Å². The van der Waals surface area contributed by atoms with Crippen LogP contribution in [0.4, 0.5) is 13.2 Å². The molecule has 2 heterocycles. The lowest BCUT2D eigenvalue weighted by Crippen LogP contribution is -2.38. The number of guanidine groups is 1. The molecule has 0 saturated heterocycles. The van der Waals surface area contributed by atoms with Crippen molar-refractivity contribution in [1.29, 1.82) is 0 Å². The second-order valence-electron chi connectivity index (χ2n) is 6.00. The van der Waals surface area contributed by atoms with Gasteiger partial charge in [-0.2, -0.15) is 18.3 Å². The zero-order valence-electron chi connectivity index (χ0n) is 16.1. The van der Waals surface area contributed by atoms with Gasteiger partial charge in [0.15, 0.2) is 11.7 Å². The molecule has 0 aliphatic rings. The van der Waals surface area contributed by atoms with E-state index in [4.69, 9.17) is 0 Å². The highest BCUT2D eigenvalue weighted by Crippen LogP contribution is 2.29. The van der Waals surface area contributed by atoms with Gasteiger partial charge in [0.05, 0.1) is 17.2 Å². The Morgan fingerprint density at radius 3 is 2.57 bits per heavy atom. The fourth-order valence-electron chi connectivity index (χ4n) is 2.45. The van der Waals surface area contributed by atoms with Gasteiger partial charge in [-0.3, -0.25) is 0 Å². The van der Waals surface area contributed by atoms with E-state index in [1.54, 1.807) is 11.0 Å². The van der Waals surface area contributed by atoms with Gasteiger partial charge < -0.3 is 10.6 Å². The summed E-state index contributed by atoms with van der Waals surface area (Å²) in [6, 6.07) is 7.78. The Morgan fingerprint density at radius 1 is 1.20 bits per heavy atom. The maximum Gasteiger partial charge on any atom is 0.434 e. The molecule has 2 aromatic heterocycles. The maximum atomic E-state index is 12.6. The Kier molecular flexibility index (Phi) is 9.02. The van der Waals surface area contributed by atoms with Crippen LogP contribution in [0.5, 0.6) is 0 Å². The quantitative estimate of drug-likeness (QED) is 0.266. The number of aliphatic imine (C=N–C) groups is 1. The van der Waals surface area contributed by atoms with Gasteiger partial charge in [0.25, 0.3) is 0 Å². The smallest absolute Gasteiger partial charge is 0.357 e. The number of nitrogens with one attached hydrogen (secondary N) is 2. The molecule has 3 rings (SSSR count). The summed E-state index contributed by atoms with van der Waals surface area (Å²) in [6.45, 7) is 3.51. The fraction of sp³-hybridized carbons (Fsp3) is 0.333. The standard InChI is InChI=1S/C18H20F3N7S.HI/c1-2-23-17(24-8-7-16-27-15(10-29-16)18(19,20)21)25-9-13-3-5-14(6-4-13)28-12-22-11-26-28;/h3-6,10-12H,2,7-9H2,1H3,(H2,23,24,25);1H. The van der Waals surface area contributed by atoms with Crippen molar-refractivity contribution in [2.24, 2.45) is 4.99 Å². The van der Waals surface area contributed by atoms with E-state index in [-0.39, 0.29) is 24.0 Å². The van der Waals surface area contributed by atoms with Crippen molar-refractivity contribution in [2.75, 3.05) is 13.1 Å². The molecule has 0 radical (unpaired) electrons. The summed E-state index contributed by atoms with van der Waals surface area (Å²) in [4.78, 5) is 12.1. The van der Waals surface area contributed by atoms with Crippen LogP contribution in [0.2, 0.25) is 0 Å². The number of alkyl halides is 3. The van der Waals surface area contributed by atoms with E-state index in [9.17, 15) is 13.2 Å². The van der Waals surface area contributed by atoms with E-state index in [1.807, 2.05) is 31.2 Å². The van der Waals surface area contributed by atoms with Gasteiger partial charge in [0.1, 0.15) is 12.7 Å². The minimum absolute atomic E-state index is 0. The first kappa shape index (κ1) is 24.1. The highest BCUT2D eigenvalue weighted by atomic mass is 127. The van der Waals surface area contributed by atoms with E-state index in [0.717, 1.165) is 28.0 Å². The maximum absolute atomic E-state index is 12.6. The van der Waals surface area contributed by atoms with Crippen LogP contribution < -0.4 is 10.6 Å². The van der Waals surface area contributed by atoms with Crippen molar-refractivity contribution in [3.05, 3.63) is 58.6 Å². The zero-order chi connectivity index (χ0) is 20.7. The van der Waals surface area contributed by atoms with Crippen LogP contribution in [0, 0.1) is 0 Å². The molecule has 0 atom stereocenters. The molecule has 1 aromatic carbocycles. The summed E-state index contributed by atoms with van der Waals surface area (Å²) in [7, 11) is 0. The average Bonchev–Trinajstić information content (AvgIpc) is 3.38. The van der Waals surface area contributed by atoms with Crippen molar-refractivity contribution in [2.45, 2.75) is 26.1 Å². The van der Waals surface area contributed by atoms with Crippen LogP contribution >= 0.6 is 35.3 Å². The average molecular weight is 551 g/mol. The molecular weight excluding hydrogens is 530 g/mol. The molecule has 30 heavy (non-hydrogen) atoms. The van der Waals surface area contributed by atoms with Gasteiger partial charge in [-0.25, -0.2) is 19.6 Å². The lowest BCUT2D eigenvalue weighted by molar-refractivity contribution is -0.140. The van der Waals surface area contributed by atoms with Gasteiger partial charge in [0.2, 0.25) is 0 Å². The fourth-order valence-corrected chi connectivity index (χ4v) is 3.26. The number of nitrogens with zero attached hydrogens (tertiary/aromatic N) is 5. The first-order valence-electron chi connectivity index (χ1n) is 8.93. The summed E-state index contributed by atoms with van der Waals surface area (Å²) in [5, 5.41) is 11.8. The van der Waals surface area contributed by atoms with E-state index in [1.165, 1.54) is 6.33 Å². The van der Waals surface area contributed by atoms with E-state index in [2.05, 4.69) is 30.7 Å². The lowest BCUT2D eigenvalue weighted by atomic mass is 10.2. The third-order valence-corrected chi connectivity index (χ3v) is 4.77. The number of hydrogen-bond acceptors (Lipinski definition) is 5. The number of benzene rings is 1. The summed E-state index contributed by atoms with van der Waals surface area (Å²) in [5.74, 6) is 0.598. The third kappa shape index (κ3) is 6.93. The molecular formula is C18H21F3IN7S. The molecule has 0 spiro atoms. The molecule has 162 valence electrons. The van der Waals surface area contributed by atoms with Gasteiger partial charge in [-0.1, -0.05) is 12.1 Å². The van der Waals surface area contributed by atoms with Crippen molar-refractivity contribution in [3.8, 4) is 5.69 Å². The molecule has 0 aliphatic heterocycles. The predicted molar refractivity (Wildman–Crippen MR) is 120 cm³/mol. The first-order chi connectivity index (χ1) is 14.0. The van der Waals surface area contributed by atoms with Crippen LogP contribution in [-0.4, -0.2) is 38.8 Å². The van der Waals surface area contributed by atoms with Crippen LogP contribution in [-0.2, 0) is 19.1 Å². The molecule has 0 aliphatic carbocycles. The van der Waals surface area contributed by atoms with Crippen molar-refractivity contribution < 1.29 is 13.2 Å². The summed E-state index contributed by atoms with van der Waals surface area (Å²) >= 11 is 1.01. The lowest BCUT2D eigenvalue weighted by Gasteiger charge is -2.11. The molecule has 3 aromatic rings. The molecule has 0 fully saturated rings. The minimum atomic E-state index is -4.40. The van der Waals surface area contributed by atoms with Crippen molar-refractivity contribution >= 4 is 41.3 Å². The molecule has 2 N–H and O–H groups in total. The monoisotopic (exact) mass is 551 g/mol. The number of hydrogen-bond donors (Lipinski definition) is 2. The van der Waals surface area contributed by atoms with E-state index >= 15 is 0 Å². The highest BCUT2D eigenvalue weighted by Gasteiger charge is 2.33.